The van der Waals surface area contributed by atoms with Gasteiger partial charge in [-0.05, 0) is 96.1 Å². The van der Waals surface area contributed by atoms with Crippen molar-refractivity contribution in [2.45, 2.75) is 10.8 Å². The van der Waals surface area contributed by atoms with Crippen LogP contribution < -0.4 is 0 Å². The molecular formula is C66H40N2S. The van der Waals surface area contributed by atoms with Gasteiger partial charge in [-0.25, -0.2) is 9.97 Å². The van der Waals surface area contributed by atoms with Gasteiger partial charge >= 0.3 is 0 Å². The maximum atomic E-state index is 5.21. The minimum atomic E-state index is -0.675. The van der Waals surface area contributed by atoms with Crippen molar-refractivity contribution in [1.29, 1.82) is 0 Å². The zero-order valence-electron chi connectivity index (χ0n) is 37.4. The maximum Gasteiger partial charge on any atom is 0.160 e. The lowest BCUT2D eigenvalue weighted by molar-refractivity contribution is 0.636. The molecule has 0 aliphatic heterocycles. The molecule has 3 heteroatoms. The standard InChI is InChI=1S/C66H40N2S/c1-3-18-42(19-4-1)57-40-58(43-20-5-2-6-21-43)68-64(67-57)44-36-34-41(35-37-44)45-25-17-26-48-49-38-39-60-61(50-24-9-16-33-59(50)69-60)63(49)66(62(45)48)55-31-14-12-29-53(55)65(54-30-13-15-32-56(54)66)51-27-10-7-22-46(51)47-23-8-11-28-52(47)65/h1-40H. The molecule has 0 radical (unpaired) electrons. The number of fused-ring (bicyclic) bond motifs is 20. The molecule has 0 bridgehead atoms. The van der Waals surface area contributed by atoms with Gasteiger partial charge < -0.3 is 0 Å². The lowest BCUT2D eigenvalue weighted by Gasteiger charge is -2.49. The van der Waals surface area contributed by atoms with Crippen LogP contribution in [-0.4, -0.2) is 9.97 Å². The molecule has 0 unspecified atom stereocenters. The number of hydrogen-bond acceptors (Lipinski definition) is 3. The third kappa shape index (κ3) is 5.15. The molecule has 2 nitrogen and oxygen atoms in total. The van der Waals surface area contributed by atoms with Crippen LogP contribution in [0.2, 0.25) is 0 Å². The van der Waals surface area contributed by atoms with Crippen molar-refractivity contribution in [3.8, 4) is 67.3 Å². The minimum absolute atomic E-state index is 0.525. The largest absolute Gasteiger partial charge is 0.228 e. The Morgan fingerprint density at radius 2 is 0.754 bits per heavy atom. The summed E-state index contributed by atoms with van der Waals surface area (Å²) in [5.41, 5.74) is 22.0. The molecule has 0 N–H and O–H groups in total. The topological polar surface area (TPSA) is 25.8 Å². The van der Waals surface area contributed by atoms with Gasteiger partial charge in [0.2, 0.25) is 0 Å². The van der Waals surface area contributed by atoms with E-state index in [0.717, 1.165) is 33.6 Å². The molecular weight excluding hydrogens is 853 g/mol. The highest BCUT2D eigenvalue weighted by molar-refractivity contribution is 7.25. The summed E-state index contributed by atoms with van der Waals surface area (Å²) in [4.78, 5) is 10.4. The van der Waals surface area contributed by atoms with Crippen molar-refractivity contribution in [3.05, 3.63) is 287 Å². The quantitative estimate of drug-likeness (QED) is 0.176. The van der Waals surface area contributed by atoms with Gasteiger partial charge in [-0.2, -0.15) is 0 Å². The molecule has 0 fully saturated rings. The molecule has 3 aliphatic rings. The minimum Gasteiger partial charge on any atom is -0.228 e. The number of aromatic nitrogens is 2. The Hall–Kier alpha value is -8.50. The summed E-state index contributed by atoms with van der Waals surface area (Å²) in [6.45, 7) is 0. The number of nitrogens with zero attached hydrogens (tertiary/aromatic N) is 2. The first-order valence-corrected chi connectivity index (χ1v) is 24.6. The monoisotopic (exact) mass is 892 g/mol. The van der Waals surface area contributed by atoms with Crippen molar-refractivity contribution in [1.82, 2.24) is 9.97 Å². The average Bonchev–Trinajstić information content (AvgIpc) is 4.06. The van der Waals surface area contributed by atoms with Crippen LogP contribution in [0, 0.1) is 0 Å². The molecule has 0 saturated carbocycles. The van der Waals surface area contributed by atoms with E-state index in [9.17, 15) is 0 Å². The van der Waals surface area contributed by atoms with Crippen molar-refractivity contribution in [2.75, 3.05) is 0 Å². The highest BCUT2D eigenvalue weighted by atomic mass is 32.1. The van der Waals surface area contributed by atoms with Crippen LogP contribution in [0.5, 0.6) is 0 Å². The number of benzene rings is 10. The fourth-order valence-corrected chi connectivity index (χ4v) is 13.9. The maximum absolute atomic E-state index is 5.21. The molecule has 0 atom stereocenters. The molecule has 69 heavy (non-hydrogen) atoms. The smallest absolute Gasteiger partial charge is 0.160 e. The van der Waals surface area contributed by atoms with Gasteiger partial charge in [-0.1, -0.05) is 224 Å². The fourth-order valence-electron chi connectivity index (χ4n) is 12.8. The van der Waals surface area contributed by atoms with E-state index in [0.29, 0.717) is 5.82 Å². The number of rotatable bonds is 4. The summed E-state index contributed by atoms with van der Waals surface area (Å²) in [6.07, 6.45) is 0. The second kappa shape index (κ2) is 14.5. The van der Waals surface area contributed by atoms with Gasteiger partial charge in [0, 0.05) is 36.9 Å². The molecule has 320 valence electrons. The Morgan fingerprint density at radius 3 is 1.36 bits per heavy atom. The molecule has 15 rings (SSSR count). The molecule has 12 aromatic rings. The molecule has 10 aromatic carbocycles. The average molecular weight is 893 g/mol. The number of thiophene rings is 1. The van der Waals surface area contributed by atoms with E-state index in [1.807, 2.05) is 23.5 Å². The third-order valence-corrected chi connectivity index (χ3v) is 16.5. The molecule has 2 heterocycles. The molecule has 2 aromatic heterocycles. The zero-order chi connectivity index (χ0) is 45.3. The first-order valence-electron chi connectivity index (χ1n) is 23.8. The van der Waals surface area contributed by atoms with E-state index in [2.05, 4.69) is 231 Å². The van der Waals surface area contributed by atoms with Gasteiger partial charge in [0.15, 0.2) is 5.82 Å². The predicted molar refractivity (Wildman–Crippen MR) is 285 cm³/mol. The molecule has 2 spiro atoms. The highest BCUT2D eigenvalue weighted by Crippen LogP contribution is 2.69. The van der Waals surface area contributed by atoms with Gasteiger partial charge in [-0.15, -0.1) is 11.3 Å². The van der Waals surface area contributed by atoms with Crippen LogP contribution in [0.25, 0.3) is 87.5 Å². The van der Waals surface area contributed by atoms with Crippen molar-refractivity contribution >= 4 is 31.5 Å². The van der Waals surface area contributed by atoms with E-state index in [4.69, 9.17) is 9.97 Å². The first-order chi connectivity index (χ1) is 34.2. The highest BCUT2D eigenvalue weighted by Gasteiger charge is 2.60. The van der Waals surface area contributed by atoms with E-state index in [-0.39, 0.29) is 0 Å². The van der Waals surface area contributed by atoms with Crippen LogP contribution in [0.3, 0.4) is 0 Å². The van der Waals surface area contributed by atoms with Crippen LogP contribution in [0.15, 0.2) is 243 Å². The van der Waals surface area contributed by atoms with Crippen LogP contribution in [-0.2, 0) is 10.8 Å². The van der Waals surface area contributed by atoms with Gasteiger partial charge in [0.05, 0.1) is 22.2 Å². The summed E-state index contributed by atoms with van der Waals surface area (Å²) in [6, 6.07) is 90.0. The fraction of sp³-hybridized carbons (Fsp3) is 0.0303. The summed E-state index contributed by atoms with van der Waals surface area (Å²) in [5, 5.41) is 2.66. The van der Waals surface area contributed by atoms with Crippen molar-refractivity contribution in [2.24, 2.45) is 0 Å². The summed E-state index contributed by atoms with van der Waals surface area (Å²) >= 11 is 1.90. The van der Waals surface area contributed by atoms with E-state index in [1.165, 1.54) is 92.5 Å². The normalized spacial score (nSPS) is 14.0. The van der Waals surface area contributed by atoms with E-state index >= 15 is 0 Å². The summed E-state index contributed by atoms with van der Waals surface area (Å²) in [5.74, 6) is 0.702. The van der Waals surface area contributed by atoms with Gasteiger partial charge in [0.25, 0.3) is 0 Å². The summed E-state index contributed by atoms with van der Waals surface area (Å²) < 4.78 is 2.62. The second-order valence-corrected chi connectivity index (χ2v) is 19.7. The Labute approximate surface area is 404 Å². The number of hydrogen-bond donors (Lipinski definition) is 0. The predicted octanol–water partition coefficient (Wildman–Crippen LogP) is 16.6. The zero-order valence-corrected chi connectivity index (χ0v) is 38.2. The van der Waals surface area contributed by atoms with Gasteiger partial charge in [0.1, 0.15) is 0 Å². The molecule has 0 amide bonds. The second-order valence-electron chi connectivity index (χ2n) is 18.6. The summed E-state index contributed by atoms with van der Waals surface area (Å²) in [7, 11) is 0. The molecule has 3 aliphatic carbocycles. The lowest BCUT2D eigenvalue weighted by atomic mass is 9.51. The van der Waals surface area contributed by atoms with Crippen molar-refractivity contribution in [3.63, 3.8) is 0 Å². The first kappa shape index (κ1) is 38.6. The van der Waals surface area contributed by atoms with Gasteiger partial charge in [-0.3, -0.25) is 0 Å². The van der Waals surface area contributed by atoms with Crippen molar-refractivity contribution < 1.29 is 0 Å². The lowest BCUT2D eigenvalue weighted by Crippen LogP contribution is -2.44. The van der Waals surface area contributed by atoms with E-state index in [1.54, 1.807) is 0 Å². The van der Waals surface area contributed by atoms with Crippen LogP contribution >= 0.6 is 11.3 Å². The Kier molecular flexibility index (Phi) is 8.11. The van der Waals surface area contributed by atoms with E-state index < -0.39 is 10.8 Å². The Bertz CT molecular complexity index is 3920. The Balaban J connectivity index is 1.02. The third-order valence-electron chi connectivity index (χ3n) is 15.4. The Morgan fingerprint density at radius 1 is 0.290 bits per heavy atom. The molecule has 0 saturated heterocycles. The SMILES string of the molecule is c1ccc(-c2cc(-c3ccccc3)nc(-c3ccc(-c4cccc5c4C4(c6ccccc6C6(c7ccccc7-c7ccccc76)c6ccccc64)c4c-5ccc5sc6ccccc6c45)cc3)n2)cc1. The van der Waals surface area contributed by atoms with Crippen LogP contribution in [0.4, 0.5) is 0 Å². The van der Waals surface area contributed by atoms with Crippen LogP contribution in [0.1, 0.15) is 44.5 Å².